The zero-order chi connectivity index (χ0) is 15.2. The average Bonchev–Trinajstić information content (AvgIpc) is 2.49. The van der Waals surface area contributed by atoms with E-state index in [4.69, 9.17) is 22.5 Å². The highest BCUT2D eigenvalue weighted by Crippen LogP contribution is 2.28. The number of halogens is 1. The summed E-state index contributed by atoms with van der Waals surface area (Å²) >= 11 is 6.11. The van der Waals surface area contributed by atoms with Gasteiger partial charge in [-0.15, -0.1) is 0 Å². The number of nitrogens with two attached hydrogens (primary N) is 1. The quantitative estimate of drug-likeness (QED) is 0.345. The molecule has 0 unspecified atom stereocenters. The molecule has 1 amide bonds. The van der Waals surface area contributed by atoms with Crippen LogP contribution in [-0.2, 0) is 4.79 Å². The molecule has 0 radical (unpaired) electrons. The molecule has 0 bridgehead atoms. The molecule has 0 atom stereocenters. The largest absolute Gasteiger partial charge is 0.409 e. The number of amides is 1. The first-order valence-electron chi connectivity index (χ1n) is 7.17. The van der Waals surface area contributed by atoms with Gasteiger partial charge in [0.15, 0.2) is 5.84 Å². The van der Waals surface area contributed by atoms with Crippen LogP contribution in [0.5, 0.6) is 0 Å². The van der Waals surface area contributed by atoms with Crippen LogP contribution in [0.4, 0.5) is 5.69 Å². The van der Waals surface area contributed by atoms with Crippen molar-refractivity contribution in [3.8, 4) is 0 Å². The zero-order valence-electron chi connectivity index (χ0n) is 11.8. The maximum atomic E-state index is 12.0. The molecule has 0 aliphatic heterocycles. The standard InChI is InChI=1S/C15H20ClN3O2/c16-12-9-11(15(17)19-21)6-7-13(12)18-14(20)8-10-4-2-1-3-5-10/h6-7,9-10,21H,1-5,8H2,(H2,17,19)(H,18,20). The number of hydrogen-bond acceptors (Lipinski definition) is 3. The number of amidine groups is 1. The lowest BCUT2D eigenvalue weighted by molar-refractivity contribution is -0.117. The third-order valence-corrected chi connectivity index (χ3v) is 4.16. The van der Waals surface area contributed by atoms with Crippen LogP contribution in [0.1, 0.15) is 44.1 Å². The van der Waals surface area contributed by atoms with Gasteiger partial charge in [-0.3, -0.25) is 4.79 Å². The van der Waals surface area contributed by atoms with Crippen molar-refractivity contribution in [2.45, 2.75) is 38.5 Å². The number of benzene rings is 1. The monoisotopic (exact) mass is 309 g/mol. The van der Waals surface area contributed by atoms with Crippen molar-refractivity contribution < 1.29 is 10.0 Å². The molecule has 0 spiro atoms. The number of nitrogens with zero attached hydrogens (tertiary/aromatic N) is 1. The van der Waals surface area contributed by atoms with Gasteiger partial charge in [0.1, 0.15) is 0 Å². The van der Waals surface area contributed by atoms with Crippen molar-refractivity contribution >= 4 is 29.0 Å². The summed E-state index contributed by atoms with van der Waals surface area (Å²) in [7, 11) is 0. The predicted molar refractivity (Wildman–Crippen MR) is 83.8 cm³/mol. The number of anilines is 1. The van der Waals surface area contributed by atoms with Gasteiger partial charge in [0.2, 0.25) is 5.91 Å². The van der Waals surface area contributed by atoms with Crippen LogP contribution < -0.4 is 11.1 Å². The second kappa shape index (κ2) is 7.31. The Balaban J connectivity index is 1.97. The van der Waals surface area contributed by atoms with E-state index >= 15 is 0 Å². The highest BCUT2D eigenvalue weighted by atomic mass is 35.5. The van der Waals surface area contributed by atoms with Gasteiger partial charge in [0.05, 0.1) is 10.7 Å². The lowest BCUT2D eigenvalue weighted by Gasteiger charge is -2.21. The summed E-state index contributed by atoms with van der Waals surface area (Å²) in [5, 5.41) is 14.7. The summed E-state index contributed by atoms with van der Waals surface area (Å²) in [6.07, 6.45) is 6.51. The minimum Gasteiger partial charge on any atom is -0.409 e. The molecule has 0 heterocycles. The Morgan fingerprint density at radius 1 is 1.38 bits per heavy atom. The Morgan fingerprint density at radius 2 is 2.10 bits per heavy atom. The Bertz CT molecular complexity index is 540. The predicted octanol–water partition coefficient (Wildman–Crippen LogP) is 3.34. The molecular weight excluding hydrogens is 290 g/mol. The molecule has 1 fully saturated rings. The van der Waals surface area contributed by atoms with Gasteiger partial charge in [-0.1, -0.05) is 36.0 Å². The number of rotatable bonds is 4. The summed E-state index contributed by atoms with van der Waals surface area (Å²) in [6, 6.07) is 4.87. The average molecular weight is 310 g/mol. The van der Waals surface area contributed by atoms with Crippen LogP contribution in [0.15, 0.2) is 23.4 Å². The summed E-state index contributed by atoms with van der Waals surface area (Å²) < 4.78 is 0. The molecule has 1 aromatic carbocycles. The Labute approximate surface area is 129 Å². The first-order valence-corrected chi connectivity index (χ1v) is 7.55. The molecule has 5 nitrogen and oxygen atoms in total. The van der Waals surface area contributed by atoms with Gasteiger partial charge in [-0.05, 0) is 37.0 Å². The molecule has 1 aliphatic carbocycles. The Kier molecular flexibility index (Phi) is 5.44. The van der Waals surface area contributed by atoms with Gasteiger partial charge in [-0.25, -0.2) is 0 Å². The topological polar surface area (TPSA) is 87.7 Å². The van der Waals surface area contributed by atoms with Crippen molar-refractivity contribution in [2.24, 2.45) is 16.8 Å². The van der Waals surface area contributed by atoms with Crippen molar-refractivity contribution in [3.63, 3.8) is 0 Å². The number of oxime groups is 1. The fourth-order valence-electron chi connectivity index (χ4n) is 2.69. The molecule has 114 valence electrons. The maximum Gasteiger partial charge on any atom is 0.224 e. The SMILES string of the molecule is N/C(=N/O)c1ccc(NC(=O)CC2CCCCC2)c(Cl)c1. The van der Waals surface area contributed by atoms with E-state index in [2.05, 4.69) is 10.5 Å². The third-order valence-electron chi connectivity index (χ3n) is 3.85. The van der Waals surface area contributed by atoms with E-state index < -0.39 is 0 Å². The van der Waals surface area contributed by atoms with Gasteiger partial charge < -0.3 is 16.3 Å². The fraction of sp³-hybridized carbons (Fsp3) is 0.467. The number of carbonyl (C=O) groups excluding carboxylic acids is 1. The lowest BCUT2D eigenvalue weighted by atomic mass is 9.87. The van der Waals surface area contributed by atoms with E-state index in [1.54, 1.807) is 18.2 Å². The van der Waals surface area contributed by atoms with E-state index in [-0.39, 0.29) is 11.7 Å². The second-order valence-electron chi connectivity index (χ2n) is 5.44. The van der Waals surface area contributed by atoms with Gasteiger partial charge >= 0.3 is 0 Å². The molecule has 1 aromatic rings. The van der Waals surface area contributed by atoms with Crippen LogP contribution in [0.3, 0.4) is 0 Å². The molecule has 1 aliphatic rings. The van der Waals surface area contributed by atoms with Crippen molar-refractivity contribution in [3.05, 3.63) is 28.8 Å². The first-order chi connectivity index (χ1) is 10.1. The molecule has 1 saturated carbocycles. The van der Waals surface area contributed by atoms with Crippen LogP contribution >= 0.6 is 11.6 Å². The molecule has 6 heteroatoms. The summed E-state index contributed by atoms with van der Waals surface area (Å²) in [4.78, 5) is 12.0. The minimum absolute atomic E-state index is 0.0136. The number of carbonyl (C=O) groups is 1. The molecule has 0 aromatic heterocycles. The van der Waals surface area contributed by atoms with E-state index in [0.29, 0.717) is 28.6 Å². The number of nitrogens with one attached hydrogen (secondary N) is 1. The maximum absolute atomic E-state index is 12.0. The Morgan fingerprint density at radius 3 is 2.71 bits per heavy atom. The molecule has 4 N–H and O–H groups in total. The van der Waals surface area contributed by atoms with Crippen LogP contribution in [0.25, 0.3) is 0 Å². The van der Waals surface area contributed by atoms with Gasteiger partial charge in [0, 0.05) is 12.0 Å². The lowest BCUT2D eigenvalue weighted by Crippen LogP contribution is -2.19. The van der Waals surface area contributed by atoms with Crippen LogP contribution in [0.2, 0.25) is 5.02 Å². The zero-order valence-corrected chi connectivity index (χ0v) is 12.6. The van der Waals surface area contributed by atoms with Crippen LogP contribution in [0, 0.1) is 5.92 Å². The normalized spacial score (nSPS) is 16.7. The first kappa shape index (κ1) is 15.6. The molecule has 2 rings (SSSR count). The highest BCUT2D eigenvalue weighted by molar-refractivity contribution is 6.34. The molecule has 21 heavy (non-hydrogen) atoms. The van der Waals surface area contributed by atoms with E-state index in [0.717, 1.165) is 12.8 Å². The summed E-state index contributed by atoms with van der Waals surface area (Å²) in [6.45, 7) is 0. The fourth-order valence-corrected chi connectivity index (χ4v) is 2.92. The van der Waals surface area contributed by atoms with E-state index in [9.17, 15) is 4.79 Å². The van der Waals surface area contributed by atoms with Crippen molar-refractivity contribution in [1.82, 2.24) is 0 Å². The summed E-state index contributed by atoms with van der Waals surface area (Å²) in [5.74, 6) is 0.450. The van der Waals surface area contributed by atoms with E-state index in [1.165, 1.54) is 19.3 Å². The third kappa shape index (κ3) is 4.36. The van der Waals surface area contributed by atoms with Crippen molar-refractivity contribution in [2.75, 3.05) is 5.32 Å². The highest BCUT2D eigenvalue weighted by Gasteiger charge is 2.17. The van der Waals surface area contributed by atoms with Gasteiger partial charge in [-0.2, -0.15) is 0 Å². The minimum atomic E-state index is -0.0167. The van der Waals surface area contributed by atoms with Crippen LogP contribution in [-0.4, -0.2) is 17.0 Å². The number of hydrogen-bond donors (Lipinski definition) is 3. The van der Waals surface area contributed by atoms with Gasteiger partial charge in [0.25, 0.3) is 0 Å². The summed E-state index contributed by atoms with van der Waals surface area (Å²) in [5.41, 5.74) is 6.55. The smallest absolute Gasteiger partial charge is 0.224 e. The second-order valence-corrected chi connectivity index (χ2v) is 5.84. The van der Waals surface area contributed by atoms with Crippen molar-refractivity contribution in [1.29, 1.82) is 0 Å². The molecular formula is C15H20ClN3O2. The Hall–Kier alpha value is -1.75. The molecule has 0 saturated heterocycles. The van der Waals surface area contributed by atoms with E-state index in [1.807, 2.05) is 0 Å².